The summed E-state index contributed by atoms with van der Waals surface area (Å²) in [7, 11) is 0. The van der Waals surface area contributed by atoms with Crippen LogP contribution in [0, 0.1) is 0 Å². The predicted molar refractivity (Wildman–Crippen MR) is 127 cm³/mol. The third-order valence-corrected chi connectivity index (χ3v) is 6.17. The highest BCUT2D eigenvalue weighted by atomic mass is 32.1. The van der Waals surface area contributed by atoms with Gasteiger partial charge >= 0.3 is 0 Å². The number of rotatable bonds is 8. The lowest BCUT2D eigenvalue weighted by Gasteiger charge is -2.33. The van der Waals surface area contributed by atoms with E-state index in [1.54, 1.807) is 5.38 Å². The van der Waals surface area contributed by atoms with E-state index in [1.165, 1.54) is 16.9 Å². The van der Waals surface area contributed by atoms with Gasteiger partial charge in [-0.05, 0) is 11.1 Å². The average Bonchev–Trinajstić information content (AvgIpc) is 3.32. The molecule has 7 nitrogen and oxygen atoms in total. The summed E-state index contributed by atoms with van der Waals surface area (Å²) in [6.45, 7) is 4.08. The van der Waals surface area contributed by atoms with Crippen molar-refractivity contribution in [2.24, 2.45) is 0 Å². The molecule has 1 fully saturated rings. The highest BCUT2D eigenvalue weighted by Crippen LogP contribution is 2.18. The van der Waals surface area contributed by atoms with Gasteiger partial charge in [0.15, 0.2) is 5.13 Å². The molecule has 0 saturated carbocycles. The van der Waals surface area contributed by atoms with Gasteiger partial charge in [0.1, 0.15) is 5.69 Å². The maximum atomic E-state index is 12.8. The molecule has 3 aromatic rings. The van der Waals surface area contributed by atoms with E-state index in [1.807, 2.05) is 65.6 Å². The van der Waals surface area contributed by atoms with Gasteiger partial charge in [0.25, 0.3) is 5.91 Å². The van der Waals surface area contributed by atoms with Gasteiger partial charge in [-0.25, -0.2) is 4.98 Å². The molecule has 0 aliphatic carbocycles. The smallest absolute Gasteiger partial charge is 0.273 e. The molecule has 1 saturated heterocycles. The third-order valence-electron chi connectivity index (χ3n) is 5.37. The van der Waals surface area contributed by atoms with Crippen LogP contribution in [0.4, 0.5) is 5.13 Å². The number of nitrogens with zero attached hydrogens (tertiary/aromatic N) is 3. The summed E-state index contributed by atoms with van der Waals surface area (Å²) in [6, 6.07) is 19.9. The Bertz CT molecular complexity index is 1020. The number of hydrogen-bond acceptors (Lipinski definition) is 6. The number of hydrogen-bond donors (Lipinski definition) is 2. The van der Waals surface area contributed by atoms with E-state index in [0.29, 0.717) is 51.5 Å². The summed E-state index contributed by atoms with van der Waals surface area (Å²) < 4.78 is 0. The van der Waals surface area contributed by atoms with E-state index < -0.39 is 0 Å². The molecule has 2 N–H and O–H groups in total. The molecule has 0 unspecified atom stereocenters. The molecule has 2 heterocycles. The monoisotopic (exact) mass is 449 g/mol. The summed E-state index contributed by atoms with van der Waals surface area (Å²) in [5, 5.41) is 8.78. The number of carbonyl (C=O) groups excluding carboxylic acids is 2. The quantitative estimate of drug-likeness (QED) is 0.553. The number of thiazole rings is 1. The van der Waals surface area contributed by atoms with E-state index >= 15 is 0 Å². The molecular formula is C24H27N5O2S. The van der Waals surface area contributed by atoms with Crippen LogP contribution in [0.2, 0.25) is 0 Å². The number of anilines is 1. The van der Waals surface area contributed by atoms with Gasteiger partial charge < -0.3 is 15.5 Å². The zero-order chi connectivity index (χ0) is 22.2. The number of benzene rings is 2. The highest BCUT2D eigenvalue weighted by Gasteiger charge is 2.24. The van der Waals surface area contributed by atoms with Gasteiger partial charge in [0.05, 0.1) is 6.54 Å². The molecule has 2 aromatic carbocycles. The van der Waals surface area contributed by atoms with Crippen molar-refractivity contribution in [2.75, 3.05) is 38.0 Å². The minimum atomic E-state index is -0.0535. The molecule has 8 heteroatoms. The SMILES string of the molecule is O=C(CN1CCN(C(=O)c2csc(NCc3ccccc3)n2)CC1)NCc1ccccc1. The number of piperazine rings is 1. The molecular weight excluding hydrogens is 422 g/mol. The lowest BCUT2D eigenvalue weighted by atomic mass is 10.2. The largest absolute Gasteiger partial charge is 0.357 e. The van der Waals surface area contributed by atoms with Crippen LogP contribution in [-0.4, -0.2) is 59.3 Å². The second kappa shape index (κ2) is 10.9. The van der Waals surface area contributed by atoms with Crippen molar-refractivity contribution in [3.63, 3.8) is 0 Å². The molecule has 0 bridgehead atoms. The number of nitrogens with one attached hydrogen (secondary N) is 2. The van der Waals surface area contributed by atoms with Crippen LogP contribution < -0.4 is 10.6 Å². The lowest BCUT2D eigenvalue weighted by molar-refractivity contribution is -0.122. The Balaban J connectivity index is 1.20. The van der Waals surface area contributed by atoms with Crippen LogP contribution >= 0.6 is 11.3 Å². The second-order valence-electron chi connectivity index (χ2n) is 7.71. The van der Waals surface area contributed by atoms with E-state index in [-0.39, 0.29) is 11.8 Å². The molecule has 4 rings (SSSR count). The molecule has 1 aromatic heterocycles. The van der Waals surface area contributed by atoms with Crippen molar-refractivity contribution in [3.8, 4) is 0 Å². The summed E-state index contributed by atoms with van der Waals surface area (Å²) in [5.74, 6) is -0.0514. The van der Waals surface area contributed by atoms with Crippen molar-refractivity contribution in [3.05, 3.63) is 82.9 Å². The second-order valence-corrected chi connectivity index (χ2v) is 8.57. The topological polar surface area (TPSA) is 77.6 Å². The van der Waals surface area contributed by atoms with Gasteiger partial charge in [0.2, 0.25) is 5.91 Å². The van der Waals surface area contributed by atoms with Gasteiger partial charge in [0, 0.05) is 44.6 Å². The van der Waals surface area contributed by atoms with E-state index in [2.05, 4.69) is 20.5 Å². The fourth-order valence-corrected chi connectivity index (χ4v) is 4.24. The average molecular weight is 450 g/mol. The molecule has 2 amide bonds. The standard InChI is InChI=1S/C24H27N5O2S/c30-22(25-15-19-7-3-1-4-8-19)17-28-11-13-29(14-12-28)23(31)21-18-32-24(27-21)26-16-20-9-5-2-6-10-20/h1-10,18H,11-17H2,(H,25,30)(H,26,27). The Kier molecular flexibility index (Phi) is 7.47. The number of aromatic nitrogens is 1. The molecule has 166 valence electrons. The van der Waals surface area contributed by atoms with Crippen molar-refractivity contribution < 1.29 is 9.59 Å². The third kappa shape index (κ3) is 6.15. The van der Waals surface area contributed by atoms with Crippen LogP contribution in [0.5, 0.6) is 0 Å². The Hall–Kier alpha value is -3.23. The van der Waals surface area contributed by atoms with Crippen molar-refractivity contribution in [1.82, 2.24) is 20.1 Å². The Morgan fingerprint density at radius 2 is 1.50 bits per heavy atom. The van der Waals surface area contributed by atoms with Crippen LogP contribution in [-0.2, 0) is 17.9 Å². The first kappa shape index (κ1) is 22.0. The molecule has 1 aliphatic rings. The Morgan fingerprint density at radius 3 is 2.16 bits per heavy atom. The normalized spacial score (nSPS) is 14.2. The fourth-order valence-electron chi connectivity index (χ4n) is 3.55. The zero-order valence-electron chi connectivity index (χ0n) is 17.9. The predicted octanol–water partition coefficient (Wildman–Crippen LogP) is 2.83. The van der Waals surface area contributed by atoms with Gasteiger partial charge in [-0.1, -0.05) is 60.7 Å². The number of carbonyl (C=O) groups is 2. The first-order valence-corrected chi connectivity index (χ1v) is 11.6. The first-order chi connectivity index (χ1) is 15.7. The van der Waals surface area contributed by atoms with Crippen LogP contribution in [0.15, 0.2) is 66.0 Å². The van der Waals surface area contributed by atoms with Gasteiger partial charge in [-0.2, -0.15) is 0 Å². The molecule has 32 heavy (non-hydrogen) atoms. The first-order valence-electron chi connectivity index (χ1n) is 10.7. The molecule has 0 atom stereocenters. The van der Waals surface area contributed by atoms with E-state index in [0.717, 1.165) is 10.7 Å². The minimum absolute atomic E-state index is 0.00210. The molecule has 0 spiro atoms. The van der Waals surface area contributed by atoms with E-state index in [4.69, 9.17) is 0 Å². The van der Waals surface area contributed by atoms with Crippen molar-refractivity contribution in [2.45, 2.75) is 13.1 Å². The lowest BCUT2D eigenvalue weighted by Crippen LogP contribution is -2.51. The van der Waals surface area contributed by atoms with Crippen molar-refractivity contribution >= 4 is 28.3 Å². The molecule has 0 radical (unpaired) electrons. The van der Waals surface area contributed by atoms with Crippen LogP contribution in [0.1, 0.15) is 21.6 Å². The Morgan fingerprint density at radius 1 is 0.875 bits per heavy atom. The zero-order valence-corrected chi connectivity index (χ0v) is 18.7. The summed E-state index contributed by atoms with van der Waals surface area (Å²) in [6.07, 6.45) is 0. The van der Waals surface area contributed by atoms with E-state index in [9.17, 15) is 9.59 Å². The Labute approximate surface area is 192 Å². The van der Waals surface area contributed by atoms with Gasteiger partial charge in [-0.15, -0.1) is 11.3 Å². The maximum absolute atomic E-state index is 12.8. The van der Waals surface area contributed by atoms with Crippen molar-refractivity contribution in [1.29, 1.82) is 0 Å². The molecule has 1 aliphatic heterocycles. The summed E-state index contributed by atoms with van der Waals surface area (Å²) >= 11 is 1.44. The minimum Gasteiger partial charge on any atom is -0.357 e. The van der Waals surface area contributed by atoms with Gasteiger partial charge in [-0.3, -0.25) is 14.5 Å². The summed E-state index contributed by atoms with van der Waals surface area (Å²) in [4.78, 5) is 33.4. The fraction of sp³-hybridized carbons (Fsp3) is 0.292. The maximum Gasteiger partial charge on any atom is 0.273 e. The van der Waals surface area contributed by atoms with Crippen LogP contribution in [0.25, 0.3) is 0 Å². The number of amides is 2. The van der Waals surface area contributed by atoms with Crippen LogP contribution in [0.3, 0.4) is 0 Å². The summed E-state index contributed by atoms with van der Waals surface area (Å²) in [5.41, 5.74) is 2.72. The highest BCUT2D eigenvalue weighted by molar-refractivity contribution is 7.13.